The van der Waals surface area contributed by atoms with Crippen LogP contribution in [0.5, 0.6) is 11.5 Å². The van der Waals surface area contributed by atoms with E-state index in [4.69, 9.17) is 9.47 Å². The van der Waals surface area contributed by atoms with Gasteiger partial charge in [-0.25, -0.2) is 0 Å². The SMILES string of the molecule is COc1cccc(CC(C(=O)O)c2cccc3ccccc23)c1OC. The molecule has 0 spiro atoms. The van der Waals surface area contributed by atoms with Crippen LogP contribution in [-0.4, -0.2) is 25.3 Å². The van der Waals surface area contributed by atoms with Crippen molar-refractivity contribution in [3.8, 4) is 11.5 Å². The predicted octanol–water partition coefficient (Wildman–Crippen LogP) is 4.27. The molecule has 128 valence electrons. The molecule has 3 aromatic rings. The van der Waals surface area contributed by atoms with Crippen LogP contribution in [0.1, 0.15) is 17.0 Å². The number of benzene rings is 3. The molecule has 0 aromatic heterocycles. The van der Waals surface area contributed by atoms with E-state index in [1.807, 2.05) is 54.6 Å². The Balaban J connectivity index is 2.08. The number of ether oxygens (including phenoxy) is 2. The minimum absolute atomic E-state index is 0.323. The van der Waals surface area contributed by atoms with Crippen LogP contribution in [0, 0.1) is 0 Å². The van der Waals surface area contributed by atoms with Gasteiger partial charge in [0.2, 0.25) is 0 Å². The Labute approximate surface area is 146 Å². The summed E-state index contributed by atoms with van der Waals surface area (Å²) in [7, 11) is 3.13. The van der Waals surface area contributed by atoms with Crippen molar-refractivity contribution in [1.82, 2.24) is 0 Å². The third-order valence-electron chi connectivity index (χ3n) is 4.41. The summed E-state index contributed by atoms with van der Waals surface area (Å²) < 4.78 is 10.8. The Bertz CT molecular complexity index is 896. The maximum absolute atomic E-state index is 12.0. The maximum Gasteiger partial charge on any atom is 0.311 e. The van der Waals surface area contributed by atoms with E-state index >= 15 is 0 Å². The van der Waals surface area contributed by atoms with Gasteiger partial charge >= 0.3 is 5.97 Å². The summed E-state index contributed by atoms with van der Waals surface area (Å²) in [5, 5.41) is 11.9. The second kappa shape index (κ2) is 7.26. The van der Waals surface area contributed by atoms with Crippen LogP contribution in [0.15, 0.2) is 60.7 Å². The number of hydrogen-bond acceptors (Lipinski definition) is 3. The highest BCUT2D eigenvalue weighted by atomic mass is 16.5. The van der Waals surface area contributed by atoms with E-state index in [9.17, 15) is 9.90 Å². The number of carbonyl (C=O) groups is 1. The smallest absolute Gasteiger partial charge is 0.311 e. The van der Waals surface area contributed by atoms with Gasteiger partial charge in [0.25, 0.3) is 0 Å². The summed E-state index contributed by atoms with van der Waals surface area (Å²) in [5.74, 6) is -0.355. The Morgan fingerprint density at radius 3 is 2.40 bits per heavy atom. The molecule has 0 aliphatic carbocycles. The predicted molar refractivity (Wildman–Crippen MR) is 97.6 cm³/mol. The van der Waals surface area contributed by atoms with Crippen molar-refractivity contribution in [3.05, 3.63) is 71.8 Å². The molecule has 3 aromatic carbocycles. The molecule has 3 rings (SSSR count). The number of aliphatic carboxylic acids is 1. The lowest BCUT2D eigenvalue weighted by atomic mass is 9.88. The largest absolute Gasteiger partial charge is 0.493 e. The summed E-state index contributed by atoms with van der Waals surface area (Å²) in [6, 6.07) is 19.1. The van der Waals surface area contributed by atoms with Gasteiger partial charge < -0.3 is 14.6 Å². The number of fused-ring (bicyclic) bond motifs is 1. The molecule has 0 aliphatic heterocycles. The summed E-state index contributed by atoms with van der Waals surface area (Å²) in [6.45, 7) is 0. The lowest BCUT2D eigenvalue weighted by Gasteiger charge is -2.18. The van der Waals surface area contributed by atoms with E-state index in [1.54, 1.807) is 20.3 Å². The zero-order valence-corrected chi connectivity index (χ0v) is 14.2. The topological polar surface area (TPSA) is 55.8 Å². The van der Waals surface area contributed by atoms with Crippen LogP contribution < -0.4 is 9.47 Å². The third kappa shape index (κ3) is 3.29. The molecule has 0 bridgehead atoms. The molecule has 0 aliphatic rings. The molecule has 0 saturated heterocycles. The van der Waals surface area contributed by atoms with E-state index in [0.29, 0.717) is 17.9 Å². The van der Waals surface area contributed by atoms with Gasteiger partial charge in [0.1, 0.15) is 0 Å². The Kier molecular flexibility index (Phi) is 4.89. The zero-order valence-electron chi connectivity index (χ0n) is 14.2. The standard InChI is InChI=1S/C21H20O4/c1-24-19-12-6-9-15(20(19)25-2)13-18(21(22)23)17-11-5-8-14-7-3-4-10-16(14)17/h3-12,18H,13H2,1-2H3,(H,22,23). The van der Waals surface area contributed by atoms with Gasteiger partial charge in [0.05, 0.1) is 20.1 Å². The van der Waals surface area contributed by atoms with Crippen molar-refractivity contribution in [2.45, 2.75) is 12.3 Å². The van der Waals surface area contributed by atoms with Crippen LogP contribution >= 0.6 is 0 Å². The number of carboxylic acids is 1. The van der Waals surface area contributed by atoms with Gasteiger partial charge in [-0.3, -0.25) is 4.79 Å². The summed E-state index contributed by atoms with van der Waals surface area (Å²) >= 11 is 0. The van der Waals surface area contributed by atoms with Crippen molar-refractivity contribution in [1.29, 1.82) is 0 Å². The molecule has 4 nitrogen and oxygen atoms in total. The van der Waals surface area contributed by atoms with Gasteiger partial charge in [-0.15, -0.1) is 0 Å². The molecule has 0 heterocycles. The highest BCUT2D eigenvalue weighted by molar-refractivity contribution is 5.91. The normalized spacial score (nSPS) is 11.9. The molecule has 25 heavy (non-hydrogen) atoms. The molecule has 0 saturated carbocycles. The van der Waals surface area contributed by atoms with E-state index in [1.165, 1.54) is 0 Å². The molecule has 0 fully saturated rings. The first kappa shape index (κ1) is 16.8. The Morgan fingerprint density at radius 1 is 0.960 bits per heavy atom. The lowest BCUT2D eigenvalue weighted by molar-refractivity contribution is -0.138. The highest BCUT2D eigenvalue weighted by Gasteiger charge is 2.24. The van der Waals surface area contributed by atoms with E-state index < -0.39 is 11.9 Å². The second-order valence-electron chi connectivity index (χ2n) is 5.82. The quantitative estimate of drug-likeness (QED) is 0.730. The molecule has 1 atom stereocenters. The average molecular weight is 336 g/mol. The minimum atomic E-state index is -0.860. The molecule has 1 N–H and O–H groups in total. The first-order valence-corrected chi connectivity index (χ1v) is 8.06. The molecule has 0 amide bonds. The average Bonchev–Trinajstić information content (AvgIpc) is 2.65. The Hall–Kier alpha value is -3.01. The molecule has 4 heteroatoms. The van der Waals surface area contributed by atoms with E-state index in [0.717, 1.165) is 21.9 Å². The third-order valence-corrected chi connectivity index (χ3v) is 4.41. The maximum atomic E-state index is 12.0. The van der Waals surface area contributed by atoms with Crippen LogP contribution in [0.2, 0.25) is 0 Å². The minimum Gasteiger partial charge on any atom is -0.493 e. The summed E-state index contributed by atoms with van der Waals surface area (Å²) in [6.07, 6.45) is 0.323. The first-order chi connectivity index (χ1) is 12.2. The van der Waals surface area contributed by atoms with Gasteiger partial charge in [-0.2, -0.15) is 0 Å². The van der Waals surface area contributed by atoms with Crippen LogP contribution in [0.3, 0.4) is 0 Å². The fourth-order valence-electron chi connectivity index (χ4n) is 3.22. The van der Waals surface area contributed by atoms with Crippen LogP contribution in [-0.2, 0) is 11.2 Å². The molecule has 1 unspecified atom stereocenters. The second-order valence-corrected chi connectivity index (χ2v) is 5.82. The Morgan fingerprint density at radius 2 is 1.68 bits per heavy atom. The van der Waals surface area contributed by atoms with Gasteiger partial charge in [0.15, 0.2) is 11.5 Å². The van der Waals surface area contributed by atoms with Crippen molar-refractivity contribution < 1.29 is 19.4 Å². The van der Waals surface area contributed by atoms with Crippen molar-refractivity contribution in [2.75, 3.05) is 14.2 Å². The summed E-state index contributed by atoms with van der Waals surface area (Å²) in [4.78, 5) is 12.0. The van der Waals surface area contributed by atoms with Crippen molar-refractivity contribution >= 4 is 16.7 Å². The molecular weight excluding hydrogens is 316 g/mol. The molecular formula is C21H20O4. The number of para-hydroxylation sites is 1. The van der Waals surface area contributed by atoms with Crippen molar-refractivity contribution in [3.63, 3.8) is 0 Å². The fourth-order valence-corrected chi connectivity index (χ4v) is 3.22. The van der Waals surface area contributed by atoms with Crippen LogP contribution in [0.4, 0.5) is 0 Å². The fraction of sp³-hybridized carbons (Fsp3) is 0.190. The molecule has 0 radical (unpaired) electrons. The van der Waals surface area contributed by atoms with Gasteiger partial charge in [-0.05, 0) is 34.4 Å². The van der Waals surface area contributed by atoms with Crippen LogP contribution in [0.25, 0.3) is 10.8 Å². The number of methoxy groups -OCH3 is 2. The number of carboxylic acid groups (broad SMARTS) is 1. The first-order valence-electron chi connectivity index (χ1n) is 8.06. The number of rotatable bonds is 6. The van der Waals surface area contributed by atoms with Gasteiger partial charge in [0, 0.05) is 0 Å². The number of hydrogen-bond donors (Lipinski definition) is 1. The lowest BCUT2D eigenvalue weighted by Crippen LogP contribution is -2.15. The van der Waals surface area contributed by atoms with E-state index in [2.05, 4.69) is 0 Å². The summed E-state index contributed by atoms with van der Waals surface area (Å²) in [5.41, 5.74) is 1.61. The highest BCUT2D eigenvalue weighted by Crippen LogP contribution is 2.35. The van der Waals surface area contributed by atoms with Crippen molar-refractivity contribution in [2.24, 2.45) is 0 Å². The van der Waals surface area contributed by atoms with Gasteiger partial charge in [-0.1, -0.05) is 54.6 Å². The van der Waals surface area contributed by atoms with E-state index in [-0.39, 0.29) is 0 Å². The zero-order chi connectivity index (χ0) is 17.8. The monoisotopic (exact) mass is 336 g/mol.